The lowest BCUT2D eigenvalue weighted by Gasteiger charge is -2.17. The van der Waals surface area contributed by atoms with E-state index in [1.54, 1.807) is 6.92 Å². The van der Waals surface area contributed by atoms with Gasteiger partial charge in [0.25, 0.3) is 5.91 Å². The lowest BCUT2D eigenvalue weighted by atomic mass is 10.1. The standard InChI is InChI=1S/C21H26N2O4/c1-14-8-10-18(11-9-14)26-13-12-20(24)22-23-21(25)17(4)27-19-7-5-6-15(2)16(19)3/h5-11,17H,12-13H2,1-4H3,(H,22,24)(H,23,25)/t17-/m0/s1. The smallest absolute Gasteiger partial charge is 0.279 e. The molecular formula is C21H26N2O4. The second-order valence-electron chi connectivity index (χ2n) is 6.41. The van der Waals surface area contributed by atoms with E-state index in [1.807, 2.05) is 63.2 Å². The summed E-state index contributed by atoms with van der Waals surface area (Å²) in [5.74, 6) is 0.585. The van der Waals surface area contributed by atoms with E-state index in [9.17, 15) is 9.59 Å². The monoisotopic (exact) mass is 370 g/mol. The molecule has 2 aromatic rings. The predicted molar refractivity (Wildman–Crippen MR) is 104 cm³/mol. The highest BCUT2D eigenvalue weighted by Crippen LogP contribution is 2.21. The highest BCUT2D eigenvalue weighted by molar-refractivity contribution is 5.84. The fraction of sp³-hybridized carbons (Fsp3) is 0.333. The third-order valence-corrected chi connectivity index (χ3v) is 4.17. The van der Waals surface area contributed by atoms with Crippen LogP contribution in [0.1, 0.15) is 30.0 Å². The molecule has 0 fully saturated rings. The van der Waals surface area contributed by atoms with Crippen molar-refractivity contribution in [3.63, 3.8) is 0 Å². The van der Waals surface area contributed by atoms with Crippen LogP contribution in [-0.4, -0.2) is 24.5 Å². The molecule has 0 bridgehead atoms. The number of carbonyl (C=O) groups is 2. The Morgan fingerprint density at radius 2 is 1.70 bits per heavy atom. The predicted octanol–water partition coefficient (Wildman–Crippen LogP) is 3.00. The average molecular weight is 370 g/mol. The minimum Gasteiger partial charge on any atom is -0.493 e. The van der Waals surface area contributed by atoms with Gasteiger partial charge in [-0.15, -0.1) is 0 Å². The largest absolute Gasteiger partial charge is 0.493 e. The first-order valence-corrected chi connectivity index (χ1v) is 8.88. The van der Waals surface area contributed by atoms with Crippen LogP contribution in [0.2, 0.25) is 0 Å². The van der Waals surface area contributed by atoms with Gasteiger partial charge >= 0.3 is 0 Å². The van der Waals surface area contributed by atoms with Gasteiger partial charge in [-0.2, -0.15) is 0 Å². The molecule has 0 aromatic heterocycles. The summed E-state index contributed by atoms with van der Waals surface area (Å²) < 4.78 is 11.2. The van der Waals surface area contributed by atoms with Crippen LogP contribution in [-0.2, 0) is 9.59 Å². The van der Waals surface area contributed by atoms with Gasteiger partial charge in [-0.05, 0) is 57.0 Å². The van der Waals surface area contributed by atoms with E-state index in [0.29, 0.717) is 11.5 Å². The van der Waals surface area contributed by atoms with Crippen molar-refractivity contribution in [2.75, 3.05) is 6.61 Å². The Balaban J connectivity index is 1.71. The molecule has 0 aliphatic carbocycles. The molecule has 0 unspecified atom stereocenters. The molecule has 2 aromatic carbocycles. The SMILES string of the molecule is Cc1ccc(OCCC(=O)NNC(=O)[C@H](C)Oc2cccc(C)c2C)cc1. The summed E-state index contributed by atoms with van der Waals surface area (Å²) in [6.45, 7) is 7.75. The fourth-order valence-corrected chi connectivity index (χ4v) is 2.29. The molecular weight excluding hydrogens is 344 g/mol. The third kappa shape index (κ3) is 6.33. The van der Waals surface area contributed by atoms with E-state index in [2.05, 4.69) is 10.9 Å². The number of ether oxygens (including phenoxy) is 2. The number of rotatable bonds is 7. The van der Waals surface area contributed by atoms with Crippen LogP contribution >= 0.6 is 0 Å². The number of amides is 2. The molecule has 2 N–H and O–H groups in total. The van der Waals surface area contributed by atoms with E-state index in [1.165, 1.54) is 0 Å². The van der Waals surface area contributed by atoms with Gasteiger partial charge in [-0.25, -0.2) is 0 Å². The van der Waals surface area contributed by atoms with E-state index < -0.39 is 12.0 Å². The number of nitrogens with one attached hydrogen (secondary N) is 2. The Hall–Kier alpha value is -3.02. The van der Waals surface area contributed by atoms with Crippen molar-refractivity contribution >= 4 is 11.8 Å². The Morgan fingerprint density at radius 3 is 2.41 bits per heavy atom. The maximum absolute atomic E-state index is 12.1. The zero-order valence-electron chi connectivity index (χ0n) is 16.2. The van der Waals surface area contributed by atoms with Crippen LogP contribution in [0, 0.1) is 20.8 Å². The highest BCUT2D eigenvalue weighted by atomic mass is 16.5. The fourth-order valence-electron chi connectivity index (χ4n) is 2.29. The van der Waals surface area contributed by atoms with Crippen LogP contribution in [0.15, 0.2) is 42.5 Å². The Labute approximate surface area is 159 Å². The normalized spacial score (nSPS) is 11.4. The molecule has 0 heterocycles. The lowest BCUT2D eigenvalue weighted by Crippen LogP contribution is -2.47. The molecule has 0 radical (unpaired) electrons. The topological polar surface area (TPSA) is 76.7 Å². The van der Waals surface area contributed by atoms with Gasteiger partial charge in [0.1, 0.15) is 11.5 Å². The Kier molecular flexibility index (Phi) is 7.23. The minimum absolute atomic E-state index is 0.125. The first-order valence-electron chi connectivity index (χ1n) is 8.88. The van der Waals surface area contributed by atoms with Gasteiger partial charge in [0.2, 0.25) is 5.91 Å². The van der Waals surface area contributed by atoms with Crippen molar-refractivity contribution in [3.8, 4) is 11.5 Å². The second-order valence-corrected chi connectivity index (χ2v) is 6.41. The minimum atomic E-state index is -0.741. The summed E-state index contributed by atoms with van der Waals surface area (Å²) in [6.07, 6.45) is -0.616. The van der Waals surface area contributed by atoms with Crippen LogP contribution in [0.25, 0.3) is 0 Å². The van der Waals surface area contributed by atoms with Crippen molar-refractivity contribution in [1.29, 1.82) is 0 Å². The molecule has 6 nitrogen and oxygen atoms in total. The number of hydrazine groups is 1. The number of hydrogen-bond acceptors (Lipinski definition) is 4. The molecule has 144 valence electrons. The maximum Gasteiger partial charge on any atom is 0.279 e. The van der Waals surface area contributed by atoms with E-state index >= 15 is 0 Å². The van der Waals surface area contributed by atoms with E-state index in [0.717, 1.165) is 16.7 Å². The lowest BCUT2D eigenvalue weighted by molar-refractivity contribution is -0.132. The van der Waals surface area contributed by atoms with Crippen molar-refractivity contribution < 1.29 is 19.1 Å². The second kappa shape index (κ2) is 9.62. The molecule has 0 saturated carbocycles. The van der Waals surface area contributed by atoms with Gasteiger partial charge in [0, 0.05) is 0 Å². The zero-order chi connectivity index (χ0) is 19.8. The molecule has 0 saturated heterocycles. The number of aryl methyl sites for hydroxylation is 2. The summed E-state index contributed by atoms with van der Waals surface area (Å²) in [5, 5.41) is 0. The number of carbonyl (C=O) groups excluding carboxylic acids is 2. The molecule has 2 rings (SSSR count). The van der Waals surface area contributed by atoms with Gasteiger partial charge in [-0.3, -0.25) is 20.4 Å². The molecule has 0 aliphatic rings. The van der Waals surface area contributed by atoms with Gasteiger partial charge in [-0.1, -0.05) is 29.8 Å². The van der Waals surface area contributed by atoms with Crippen LogP contribution in [0.4, 0.5) is 0 Å². The Bertz CT molecular complexity index is 787. The van der Waals surface area contributed by atoms with Crippen LogP contribution in [0.5, 0.6) is 11.5 Å². The highest BCUT2D eigenvalue weighted by Gasteiger charge is 2.16. The first-order chi connectivity index (χ1) is 12.9. The molecule has 0 aliphatic heterocycles. The van der Waals surface area contributed by atoms with Crippen LogP contribution < -0.4 is 20.3 Å². The molecule has 0 spiro atoms. The van der Waals surface area contributed by atoms with Crippen LogP contribution in [0.3, 0.4) is 0 Å². The van der Waals surface area contributed by atoms with Crippen molar-refractivity contribution in [1.82, 2.24) is 10.9 Å². The maximum atomic E-state index is 12.1. The summed E-state index contributed by atoms with van der Waals surface area (Å²) in [5.41, 5.74) is 7.95. The van der Waals surface area contributed by atoms with Gasteiger partial charge < -0.3 is 9.47 Å². The van der Waals surface area contributed by atoms with Crippen molar-refractivity contribution in [2.24, 2.45) is 0 Å². The average Bonchev–Trinajstić information content (AvgIpc) is 2.65. The summed E-state index contributed by atoms with van der Waals surface area (Å²) in [6, 6.07) is 13.2. The first kappa shape index (κ1) is 20.3. The quantitative estimate of drug-likeness (QED) is 0.735. The van der Waals surface area contributed by atoms with Crippen molar-refractivity contribution in [2.45, 2.75) is 40.2 Å². The summed E-state index contributed by atoms with van der Waals surface area (Å²) in [7, 11) is 0. The number of hydrogen-bond donors (Lipinski definition) is 2. The molecule has 1 atom stereocenters. The zero-order valence-corrected chi connectivity index (χ0v) is 16.2. The van der Waals surface area contributed by atoms with Gasteiger partial charge in [0.15, 0.2) is 6.10 Å². The molecule has 6 heteroatoms. The van der Waals surface area contributed by atoms with E-state index in [-0.39, 0.29) is 18.9 Å². The Morgan fingerprint density at radius 1 is 1.00 bits per heavy atom. The third-order valence-electron chi connectivity index (χ3n) is 4.17. The van der Waals surface area contributed by atoms with Gasteiger partial charge in [0.05, 0.1) is 13.0 Å². The summed E-state index contributed by atoms with van der Waals surface area (Å²) >= 11 is 0. The van der Waals surface area contributed by atoms with Crippen molar-refractivity contribution in [3.05, 3.63) is 59.2 Å². The van der Waals surface area contributed by atoms with E-state index in [4.69, 9.17) is 9.47 Å². The molecule has 2 amide bonds. The molecule has 27 heavy (non-hydrogen) atoms. The number of benzene rings is 2. The summed E-state index contributed by atoms with van der Waals surface area (Å²) in [4.78, 5) is 23.9.